The van der Waals surface area contributed by atoms with Gasteiger partial charge in [0.05, 0.1) is 0 Å². The molecule has 0 atom stereocenters. The third-order valence-corrected chi connectivity index (χ3v) is 4.34. The molecule has 0 fully saturated rings. The fourth-order valence-corrected chi connectivity index (χ4v) is 3.05. The summed E-state index contributed by atoms with van der Waals surface area (Å²) in [7, 11) is 0. The van der Waals surface area contributed by atoms with E-state index in [0.717, 1.165) is 17.5 Å². The number of rotatable bonds is 3. The van der Waals surface area contributed by atoms with Crippen molar-refractivity contribution in [1.82, 2.24) is 0 Å². The number of carbonyl (C=O) groups is 1. The number of benzene rings is 2. The molecule has 1 aliphatic rings. The molecule has 1 heteroatoms. The molecule has 0 spiro atoms. The zero-order valence-corrected chi connectivity index (χ0v) is 12.9. The standard InChI is InChI=1S/C21H22O/c22-21(19-11-7-4-8-12-19)20-15-13-18(14-16-20)17-9-5-2-1-3-6-10-17/h4,7-9,11-16H,1-3,5-6,10H2/b17-9+. The van der Waals surface area contributed by atoms with Gasteiger partial charge in [0, 0.05) is 11.1 Å². The van der Waals surface area contributed by atoms with Crippen LogP contribution in [0.15, 0.2) is 60.7 Å². The van der Waals surface area contributed by atoms with Crippen LogP contribution >= 0.6 is 0 Å². The molecule has 0 N–H and O–H groups in total. The first kappa shape index (κ1) is 14.8. The molecule has 2 aromatic rings. The minimum absolute atomic E-state index is 0.0961. The van der Waals surface area contributed by atoms with Crippen LogP contribution in [0.25, 0.3) is 5.57 Å². The molecule has 0 aromatic heterocycles. The molecule has 0 saturated heterocycles. The Labute approximate surface area is 132 Å². The van der Waals surface area contributed by atoms with Crippen molar-refractivity contribution in [2.45, 2.75) is 38.5 Å². The van der Waals surface area contributed by atoms with Gasteiger partial charge in [0.25, 0.3) is 0 Å². The van der Waals surface area contributed by atoms with Crippen LogP contribution in [-0.2, 0) is 0 Å². The molecular weight excluding hydrogens is 268 g/mol. The summed E-state index contributed by atoms with van der Waals surface area (Å²) in [5.41, 5.74) is 4.23. The molecule has 0 saturated carbocycles. The number of hydrogen-bond donors (Lipinski definition) is 0. The van der Waals surface area contributed by atoms with Gasteiger partial charge in [0.1, 0.15) is 0 Å². The topological polar surface area (TPSA) is 17.1 Å². The molecule has 0 unspecified atom stereocenters. The normalized spacial score (nSPS) is 17.9. The van der Waals surface area contributed by atoms with Crippen LogP contribution < -0.4 is 0 Å². The molecular formula is C21H22O. The molecule has 1 nitrogen and oxygen atoms in total. The average molecular weight is 290 g/mol. The van der Waals surface area contributed by atoms with Crippen LogP contribution in [0.3, 0.4) is 0 Å². The van der Waals surface area contributed by atoms with Crippen LogP contribution in [0.2, 0.25) is 0 Å². The van der Waals surface area contributed by atoms with E-state index < -0.39 is 0 Å². The van der Waals surface area contributed by atoms with Crippen LogP contribution in [0.1, 0.15) is 60.0 Å². The lowest BCUT2D eigenvalue weighted by Crippen LogP contribution is -2.01. The maximum Gasteiger partial charge on any atom is 0.193 e. The predicted molar refractivity (Wildman–Crippen MR) is 92.0 cm³/mol. The second-order valence-corrected chi connectivity index (χ2v) is 5.95. The molecule has 0 heterocycles. The summed E-state index contributed by atoms with van der Waals surface area (Å²) in [6.07, 6.45) is 9.99. The highest BCUT2D eigenvalue weighted by atomic mass is 16.1. The van der Waals surface area contributed by atoms with Crippen LogP contribution in [-0.4, -0.2) is 5.78 Å². The van der Waals surface area contributed by atoms with Crippen molar-refractivity contribution in [2.75, 3.05) is 0 Å². The summed E-state index contributed by atoms with van der Waals surface area (Å²) in [6.45, 7) is 0. The fraction of sp³-hybridized carbons (Fsp3) is 0.286. The van der Waals surface area contributed by atoms with Gasteiger partial charge < -0.3 is 0 Å². The Hall–Kier alpha value is -2.15. The van der Waals surface area contributed by atoms with Crippen molar-refractivity contribution >= 4 is 11.4 Å². The number of ketones is 1. The van der Waals surface area contributed by atoms with Gasteiger partial charge in [-0.25, -0.2) is 0 Å². The Morgan fingerprint density at radius 1 is 0.727 bits per heavy atom. The Kier molecular flexibility index (Phi) is 4.85. The van der Waals surface area contributed by atoms with Gasteiger partial charge in [-0.2, -0.15) is 0 Å². The van der Waals surface area contributed by atoms with Gasteiger partial charge in [-0.3, -0.25) is 4.79 Å². The molecule has 0 aliphatic heterocycles. The summed E-state index contributed by atoms with van der Waals surface area (Å²) < 4.78 is 0. The zero-order valence-electron chi connectivity index (χ0n) is 12.9. The molecule has 0 bridgehead atoms. The smallest absolute Gasteiger partial charge is 0.193 e. The third kappa shape index (κ3) is 3.54. The van der Waals surface area contributed by atoms with Crippen molar-refractivity contribution in [3.05, 3.63) is 77.4 Å². The summed E-state index contributed by atoms with van der Waals surface area (Å²) in [4.78, 5) is 12.4. The second-order valence-electron chi connectivity index (χ2n) is 5.95. The second kappa shape index (κ2) is 7.22. The van der Waals surface area contributed by atoms with E-state index in [2.05, 4.69) is 18.2 Å². The summed E-state index contributed by atoms with van der Waals surface area (Å²) in [6, 6.07) is 17.6. The Balaban J connectivity index is 1.79. The van der Waals surface area contributed by atoms with E-state index in [4.69, 9.17) is 0 Å². The van der Waals surface area contributed by atoms with Crippen molar-refractivity contribution in [1.29, 1.82) is 0 Å². The van der Waals surface area contributed by atoms with Gasteiger partial charge in [0.15, 0.2) is 5.78 Å². The molecule has 0 radical (unpaired) electrons. The van der Waals surface area contributed by atoms with Crippen LogP contribution in [0, 0.1) is 0 Å². The van der Waals surface area contributed by atoms with Gasteiger partial charge in [-0.15, -0.1) is 0 Å². The van der Waals surface area contributed by atoms with Gasteiger partial charge in [-0.05, 0) is 36.8 Å². The van der Waals surface area contributed by atoms with E-state index in [1.165, 1.54) is 43.2 Å². The van der Waals surface area contributed by atoms with Gasteiger partial charge in [0.2, 0.25) is 0 Å². The Morgan fingerprint density at radius 3 is 2.18 bits per heavy atom. The lowest BCUT2D eigenvalue weighted by Gasteiger charge is -2.12. The van der Waals surface area contributed by atoms with Gasteiger partial charge >= 0.3 is 0 Å². The molecule has 3 rings (SSSR count). The average Bonchev–Trinajstić information content (AvgIpc) is 2.55. The molecule has 112 valence electrons. The van der Waals surface area contributed by atoms with Crippen molar-refractivity contribution in [2.24, 2.45) is 0 Å². The lowest BCUT2D eigenvalue weighted by atomic mass is 9.93. The summed E-state index contributed by atoms with van der Waals surface area (Å²) in [5, 5.41) is 0. The Bertz CT molecular complexity index is 650. The lowest BCUT2D eigenvalue weighted by molar-refractivity contribution is 0.103. The van der Waals surface area contributed by atoms with E-state index in [1.54, 1.807) is 0 Å². The quantitative estimate of drug-likeness (QED) is 0.667. The fourth-order valence-electron chi connectivity index (χ4n) is 3.05. The monoisotopic (exact) mass is 290 g/mol. The summed E-state index contributed by atoms with van der Waals surface area (Å²) >= 11 is 0. The largest absolute Gasteiger partial charge is 0.289 e. The predicted octanol–water partition coefficient (Wildman–Crippen LogP) is 5.66. The third-order valence-electron chi connectivity index (χ3n) is 4.34. The highest BCUT2D eigenvalue weighted by Gasteiger charge is 2.10. The summed E-state index contributed by atoms with van der Waals surface area (Å²) in [5.74, 6) is 0.0961. The first-order chi connectivity index (χ1) is 10.8. The number of allylic oxidation sites excluding steroid dienone is 2. The van der Waals surface area contributed by atoms with Crippen LogP contribution in [0.4, 0.5) is 0 Å². The maximum absolute atomic E-state index is 12.4. The van der Waals surface area contributed by atoms with Crippen molar-refractivity contribution in [3.63, 3.8) is 0 Å². The Morgan fingerprint density at radius 2 is 1.41 bits per heavy atom. The molecule has 0 amide bonds. The zero-order chi connectivity index (χ0) is 15.2. The maximum atomic E-state index is 12.4. The van der Waals surface area contributed by atoms with Crippen molar-refractivity contribution in [3.8, 4) is 0 Å². The highest BCUT2D eigenvalue weighted by molar-refractivity contribution is 6.09. The minimum Gasteiger partial charge on any atom is -0.289 e. The number of hydrogen-bond acceptors (Lipinski definition) is 1. The van der Waals surface area contributed by atoms with Crippen molar-refractivity contribution < 1.29 is 4.79 Å². The SMILES string of the molecule is O=C(c1ccccc1)c1ccc(/C2=C/CCCCCC2)cc1. The minimum atomic E-state index is 0.0961. The van der Waals surface area contributed by atoms with E-state index in [0.29, 0.717) is 0 Å². The molecule has 2 aromatic carbocycles. The van der Waals surface area contributed by atoms with Crippen LogP contribution in [0.5, 0.6) is 0 Å². The van der Waals surface area contributed by atoms with E-state index in [9.17, 15) is 4.79 Å². The van der Waals surface area contributed by atoms with E-state index in [-0.39, 0.29) is 5.78 Å². The first-order valence-corrected chi connectivity index (χ1v) is 8.24. The van der Waals surface area contributed by atoms with E-state index in [1.807, 2.05) is 42.5 Å². The first-order valence-electron chi connectivity index (χ1n) is 8.24. The number of carbonyl (C=O) groups excluding carboxylic acids is 1. The van der Waals surface area contributed by atoms with E-state index >= 15 is 0 Å². The molecule has 1 aliphatic carbocycles. The van der Waals surface area contributed by atoms with Gasteiger partial charge in [-0.1, -0.05) is 73.5 Å². The molecule has 22 heavy (non-hydrogen) atoms. The highest BCUT2D eigenvalue weighted by Crippen LogP contribution is 2.26.